The SMILES string of the molecule is CCCOC(C)COC(=O)C1C[C@@H]2c3cccc4c3c(cn4C(C)C)C[C@H]2N(CCC)C1. The van der Waals surface area contributed by atoms with Crippen LogP contribution in [0.5, 0.6) is 0 Å². The van der Waals surface area contributed by atoms with Crippen LogP contribution >= 0.6 is 0 Å². The molecule has 0 amide bonds. The zero-order chi connectivity index (χ0) is 22.8. The van der Waals surface area contributed by atoms with Crippen LogP contribution in [0.3, 0.4) is 0 Å². The molecule has 1 fully saturated rings. The second kappa shape index (κ2) is 9.96. The average Bonchev–Trinajstić information content (AvgIpc) is 3.16. The lowest BCUT2D eigenvalue weighted by molar-refractivity contribution is -0.155. The van der Waals surface area contributed by atoms with Gasteiger partial charge in [-0.2, -0.15) is 0 Å². The Morgan fingerprint density at radius 2 is 2.00 bits per heavy atom. The highest BCUT2D eigenvalue weighted by Gasteiger charge is 2.43. The third-order valence-corrected chi connectivity index (χ3v) is 7.19. The molecule has 0 saturated carbocycles. The van der Waals surface area contributed by atoms with E-state index >= 15 is 0 Å². The van der Waals surface area contributed by atoms with E-state index in [1.807, 2.05) is 6.92 Å². The normalized spacial score (nSPS) is 24.0. The molecule has 5 nitrogen and oxygen atoms in total. The van der Waals surface area contributed by atoms with Gasteiger partial charge in [0, 0.05) is 48.3 Å². The number of nitrogens with zero attached hydrogens (tertiary/aromatic N) is 2. The van der Waals surface area contributed by atoms with Crippen molar-refractivity contribution in [3.05, 3.63) is 35.5 Å². The van der Waals surface area contributed by atoms with Gasteiger partial charge in [0.25, 0.3) is 0 Å². The minimum Gasteiger partial charge on any atom is -0.463 e. The van der Waals surface area contributed by atoms with Gasteiger partial charge in [-0.25, -0.2) is 0 Å². The van der Waals surface area contributed by atoms with Gasteiger partial charge in [0.2, 0.25) is 0 Å². The first-order valence-corrected chi connectivity index (χ1v) is 12.6. The Bertz CT molecular complexity index is 934. The van der Waals surface area contributed by atoms with Crippen LogP contribution in [0.2, 0.25) is 0 Å². The van der Waals surface area contributed by atoms with Crippen molar-refractivity contribution >= 4 is 16.9 Å². The minimum atomic E-state index is -0.0786. The summed E-state index contributed by atoms with van der Waals surface area (Å²) >= 11 is 0. The van der Waals surface area contributed by atoms with Gasteiger partial charge < -0.3 is 14.0 Å². The number of piperidine rings is 1. The van der Waals surface area contributed by atoms with Gasteiger partial charge in [0.1, 0.15) is 6.61 Å². The molecule has 5 heteroatoms. The van der Waals surface area contributed by atoms with E-state index in [1.165, 1.54) is 22.0 Å². The monoisotopic (exact) mass is 440 g/mol. The molecule has 2 heterocycles. The molecule has 176 valence electrons. The van der Waals surface area contributed by atoms with Crippen LogP contribution in [0.15, 0.2) is 24.4 Å². The standard InChI is InChI=1S/C27H40N2O3/c1-6-11-28-15-21(27(30)32-17-19(5)31-12-7-2)13-23-22-9-8-10-24-26(22)20(14-25(23)28)16-29(24)18(3)4/h8-10,16,18-19,21,23,25H,6-7,11-15,17H2,1-5H3/t19?,21?,23-,25-/m1/s1. The maximum atomic E-state index is 13.1. The van der Waals surface area contributed by atoms with Crippen molar-refractivity contribution in [1.29, 1.82) is 0 Å². The van der Waals surface area contributed by atoms with Crippen molar-refractivity contribution in [2.75, 3.05) is 26.3 Å². The predicted molar refractivity (Wildman–Crippen MR) is 129 cm³/mol. The Hall–Kier alpha value is -1.85. The summed E-state index contributed by atoms with van der Waals surface area (Å²) in [5, 5.41) is 1.43. The second-order valence-corrected chi connectivity index (χ2v) is 10.0. The summed E-state index contributed by atoms with van der Waals surface area (Å²) in [6.45, 7) is 13.7. The lowest BCUT2D eigenvalue weighted by Gasteiger charge is -2.46. The molecule has 1 aromatic carbocycles. The Morgan fingerprint density at radius 3 is 2.72 bits per heavy atom. The van der Waals surface area contributed by atoms with E-state index in [0.717, 1.165) is 38.8 Å². The fraction of sp³-hybridized carbons (Fsp3) is 0.667. The summed E-state index contributed by atoms with van der Waals surface area (Å²) in [6.07, 6.45) is 6.33. The molecule has 1 saturated heterocycles. The number of hydrogen-bond donors (Lipinski definition) is 0. The van der Waals surface area contributed by atoms with Gasteiger partial charge in [-0.3, -0.25) is 9.69 Å². The number of esters is 1. The van der Waals surface area contributed by atoms with Crippen LogP contribution in [0.1, 0.15) is 77.0 Å². The summed E-state index contributed by atoms with van der Waals surface area (Å²) in [5.74, 6) is 0.236. The quantitative estimate of drug-likeness (QED) is 0.495. The molecule has 0 N–H and O–H groups in total. The first-order chi connectivity index (χ1) is 15.4. The maximum absolute atomic E-state index is 13.1. The summed E-state index contributed by atoms with van der Waals surface area (Å²) in [4.78, 5) is 15.6. The van der Waals surface area contributed by atoms with Crippen molar-refractivity contribution in [2.24, 2.45) is 5.92 Å². The van der Waals surface area contributed by atoms with Crippen LogP contribution in [-0.2, 0) is 20.7 Å². The Labute approximate surface area is 193 Å². The zero-order valence-corrected chi connectivity index (χ0v) is 20.5. The van der Waals surface area contributed by atoms with Crippen LogP contribution in [0, 0.1) is 5.92 Å². The van der Waals surface area contributed by atoms with Gasteiger partial charge >= 0.3 is 5.97 Å². The molecule has 2 aliphatic rings. The van der Waals surface area contributed by atoms with Gasteiger partial charge in [-0.1, -0.05) is 26.0 Å². The van der Waals surface area contributed by atoms with Crippen molar-refractivity contribution in [3.8, 4) is 0 Å². The maximum Gasteiger partial charge on any atom is 0.310 e. The molecule has 4 atom stereocenters. The first kappa shape index (κ1) is 23.3. The highest BCUT2D eigenvalue weighted by molar-refractivity contribution is 5.89. The zero-order valence-electron chi connectivity index (χ0n) is 20.5. The highest BCUT2D eigenvalue weighted by atomic mass is 16.6. The number of hydrogen-bond acceptors (Lipinski definition) is 4. The number of carbonyl (C=O) groups is 1. The molecule has 0 bridgehead atoms. The van der Waals surface area contributed by atoms with E-state index in [0.29, 0.717) is 31.2 Å². The Kier molecular flexibility index (Phi) is 7.26. The van der Waals surface area contributed by atoms with E-state index < -0.39 is 0 Å². The lowest BCUT2D eigenvalue weighted by Crippen LogP contribution is -2.52. The highest BCUT2D eigenvalue weighted by Crippen LogP contribution is 2.46. The molecule has 1 aliphatic heterocycles. The molecule has 2 aromatic rings. The van der Waals surface area contributed by atoms with Crippen LogP contribution < -0.4 is 0 Å². The summed E-state index contributed by atoms with van der Waals surface area (Å²) < 4.78 is 13.8. The van der Waals surface area contributed by atoms with Crippen LogP contribution in [-0.4, -0.2) is 53.9 Å². The van der Waals surface area contributed by atoms with Gasteiger partial charge in [0.05, 0.1) is 12.0 Å². The van der Waals surface area contributed by atoms with Gasteiger partial charge in [-0.15, -0.1) is 0 Å². The van der Waals surface area contributed by atoms with E-state index in [1.54, 1.807) is 0 Å². The second-order valence-electron chi connectivity index (χ2n) is 10.0. The molecule has 1 aromatic heterocycles. The molecule has 2 unspecified atom stereocenters. The van der Waals surface area contributed by atoms with Crippen molar-refractivity contribution < 1.29 is 14.3 Å². The Morgan fingerprint density at radius 1 is 1.19 bits per heavy atom. The third-order valence-electron chi connectivity index (χ3n) is 7.19. The number of benzene rings is 1. The van der Waals surface area contributed by atoms with Crippen LogP contribution in [0.4, 0.5) is 0 Å². The van der Waals surface area contributed by atoms with E-state index in [-0.39, 0.29) is 18.0 Å². The molecule has 32 heavy (non-hydrogen) atoms. The molecule has 0 spiro atoms. The van der Waals surface area contributed by atoms with Crippen molar-refractivity contribution in [2.45, 2.75) is 84.4 Å². The number of carbonyl (C=O) groups excluding carboxylic acids is 1. The van der Waals surface area contributed by atoms with Crippen molar-refractivity contribution in [3.63, 3.8) is 0 Å². The predicted octanol–water partition coefficient (Wildman–Crippen LogP) is 5.32. The van der Waals surface area contributed by atoms with E-state index in [9.17, 15) is 4.79 Å². The van der Waals surface area contributed by atoms with Crippen LogP contribution in [0.25, 0.3) is 10.9 Å². The molecular formula is C27H40N2O3. The number of ether oxygens (including phenoxy) is 2. The molecule has 1 aliphatic carbocycles. The van der Waals surface area contributed by atoms with E-state index in [2.05, 4.69) is 61.6 Å². The van der Waals surface area contributed by atoms with E-state index in [4.69, 9.17) is 9.47 Å². The third kappa shape index (κ3) is 4.47. The topological polar surface area (TPSA) is 43.7 Å². The number of fused-ring (bicyclic) bond motifs is 2. The number of aromatic nitrogens is 1. The summed E-state index contributed by atoms with van der Waals surface area (Å²) in [5.41, 5.74) is 4.22. The molecule has 4 rings (SSSR count). The molecule has 0 radical (unpaired) electrons. The lowest BCUT2D eigenvalue weighted by atomic mass is 9.72. The average molecular weight is 441 g/mol. The van der Waals surface area contributed by atoms with Crippen molar-refractivity contribution in [1.82, 2.24) is 9.47 Å². The fourth-order valence-electron chi connectivity index (χ4n) is 5.76. The fourth-order valence-corrected chi connectivity index (χ4v) is 5.76. The summed E-state index contributed by atoms with van der Waals surface area (Å²) in [7, 11) is 0. The number of likely N-dealkylation sites (tertiary alicyclic amines) is 1. The molecular weight excluding hydrogens is 400 g/mol. The minimum absolute atomic E-state index is 0.0521. The number of rotatable bonds is 9. The smallest absolute Gasteiger partial charge is 0.310 e. The van der Waals surface area contributed by atoms with Gasteiger partial charge in [0.15, 0.2) is 0 Å². The first-order valence-electron chi connectivity index (χ1n) is 12.6. The largest absolute Gasteiger partial charge is 0.463 e. The van der Waals surface area contributed by atoms with Gasteiger partial charge in [-0.05, 0) is 70.2 Å². The summed E-state index contributed by atoms with van der Waals surface area (Å²) in [6, 6.07) is 7.64. The Balaban J connectivity index is 1.58.